The van der Waals surface area contributed by atoms with Crippen LogP contribution in [0.5, 0.6) is 0 Å². The van der Waals surface area contributed by atoms with Crippen LogP contribution in [-0.2, 0) is 16.4 Å². The summed E-state index contributed by atoms with van der Waals surface area (Å²) in [5.74, 6) is 0.228. The summed E-state index contributed by atoms with van der Waals surface area (Å²) in [6, 6.07) is 7.45. The maximum absolute atomic E-state index is 12.0. The van der Waals surface area contributed by atoms with Gasteiger partial charge in [0.25, 0.3) is 0 Å². The highest BCUT2D eigenvalue weighted by atomic mass is 32.2. The Kier molecular flexibility index (Phi) is 4.80. The Labute approximate surface area is 142 Å². The third-order valence-corrected chi connectivity index (χ3v) is 6.73. The van der Waals surface area contributed by atoms with Crippen LogP contribution >= 0.6 is 0 Å². The van der Waals surface area contributed by atoms with Crippen molar-refractivity contribution in [2.75, 3.05) is 17.6 Å². The minimum Gasteiger partial charge on any atom is -0.347 e. The molecule has 2 N–H and O–H groups in total. The lowest BCUT2D eigenvalue weighted by atomic mass is 10.2. The van der Waals surface area contributed by atoms with Crippen molar-refractivity contribution in [1.29, 1.82) is 0 Å². The standard InChI is InChI=1S/C17H23N3O3S/c1-2-8-20-9-7-13-5-6-14(11-16(13)20)19-17(21)18-12-15-4-3-10-24(15,22)23/h5-7,9,11,15H,2-4,8,10,12H2,1H3,(H2,18,19,21)/t15-/m1/s1. The van der Waals surface area contributed by atoms with Gasteiger partial charge in [-0.05, 0) is 42.8 Å². The monoisotopic (exact) mass is 349 g/mol. The quantitative estimate of drug-likeness (QED) is 0.871. The van der Waals surface area contributed by atoms with Crippen LogP contribution in [0.2, 0.25) is 0 Å². The van der Waals surface area contributed by atoms with E-state index >= 15 is 0 Å². The molecule has 0 radical (unpaired) electrons. The first-order valence-corrected chi connectivity index (χ1v) is 10.1. The molecule has 1 aromatic heterocycles. The summed E-state index contributed by atoms with van der Waals surface area (Å²) in [7, 11) is -3.03. The number of hydrogen-bond donors (Lipinski definition) is 2. The third kappa shape index (κ3) is 3.56. The Morgan fingerprint density at radius 3 is 2.88 bits per heavy atom. The summed E-state index contributed by atoms with van der Waals surface area (Å²) in [4.78, 5) is 12.0. The fraction of sp³-hybridized carbons (Fsp3) is 0.471. The lowest BCUT2D eigenvalue weighted by molar-refractivity contribution is 0.252. The Morgan fingerprint density at radius 1 is 1.33 bits per heavy atom. The third-order valence-electron chi connectivity index (χ3n) is 4.45. The normalized spacial score (nSPS) is 19.5. The number of carbonyl (C=O) groups is 1. The molecular formula is C17H23N3O3S. The highest BCUT2D eigenvalue weighted by Crippen LogP contribution is 2.21. The molecule has 7 heteroatoms. The summed E-state index contributed by atoms with van der Waals surface area (Å²) in [6.07, 6.45) is 4.39. The molecule has 1 aromatic carbocycles. The van der Waals surface area contributed by atoms with Crippen molar-refractivity contribution in [3.05, 3.63) is 30.5 Å². The number of benzene rings is 1. The lowest BCUT2D eigenvalue weighted by Gasteiger charge is -2.12. The molecule has 2 amide bonds. The van der Waals surface area contributed by atoms with Crippen molar-refractivity contribution in [2.45, 2.75) is 38.0 Å². The molecule has 2 heterocycles. The second kappa shape index (κ2) is 6.84. The molecule has 0 saturated carbocycles. The predicted molar refractivity (Wildman–Crippen MR) is 96.1 cm³/mol. The number of fused-ring (bicyclic) bond motifs is 1. The highest BCUT2D eigenvalue weighted by molar-refractivity contribution is 7.92. The van der Waals surface area contributed by atoms with E-state index in [0.717, 1.165) is 23.9 Å². The predicted octanol–water partition coefficient (Wildman–Crippen LogP) is 2.75. The molecule has 0 spiro atoms. The van der Waals surface area contributed by atoms with E-state index in [4.69, 9.17) is 0 Å². The van der Waals surface area contributed by atoms with E-state index in [1.54, 1.807) is 0 Å². The zero-order valence-electron chi connectivity index (χ0n) is 13.8. The van der Waals surface area contributed by atoms with Crippen molar-refractivity contribution in [3.8, 4) is 0 Å². The second-order valence-corrected chi connectivity index (χ2v) is 8.65. The molecule has 130 valence electrons. The lowest BCUT2D eigenvalue weighted by Crippen LogP contribution is -2.37. The number of rotatable bonds is 5. The molecule has 6 nitrogen and oxygen atoms in total. The molecule has 24 heavy (non-hydrogen) atoms. The van der Waals surface area contributed by atoms with E-state index in [1.165, 1.54) is 0 Å². The summed E-state index contributed by atoms with van der Waals surface area (Å²) in [5, 5.41) is 6.14. The van der Waals surface area contributed by atoms with Crippen LogP contribution in [0.1, 0.15) is 26.2 Å². The number of nitrogens with zero attached hydrogens (tertiary/aromatic N) is 1. The van der Waals surface area contributed by atoms with Gasteiger partial charge in [-0.3, -0.25) is 0 Å². The Bertz CT molecular complexity index is 842. The molecule has 2 aromatic rings. The van der Waals surface area contributed by atoms with Crippen molar-refractivity contribution < 1.29 is 13.2 Å². The fourth-order valence-electron chi connectivity index (χ4n) is 3.17. The SMILES string of the molecule is CCCn1ccc2ccc(NC(=O)NC[C@H]3CCCS3(=O)=O)cc21. The molecule has 0 bridgehead atoms. The summed E-state index contributed by atoms with van der Waals surface area (Å²) < 4.78 is 25.7. The first-order valence-electron chi connectivity index (χ1n) is 8.35. The number of hydrogen-bond acceptors (Lipinski definition) is 3. The van der Waals surface area contributed by atoms with Gasteiger partial charge in [0.1, 0.15) is 0 Å². The van der Waals surface area contributed by atoms with Gasteiger partial charge in [-0.1, -0.05) is 13.0 Å². The fourth-order valence-corrected chi connectivity index (χ4v) is 4.93. The molecule has 0 unspecified atom stereocenters. The second-order valence-electron chi connectivity index (χ2n) is 6.25. The van der Waals surface area contributed by atoms with Gasteiger partial charge in [-0.15, -0.1) is 0 Å². The van der Waals surface area contributed by atoms with Crippen LogP contribution in [0.4, 0.5) is 10.5 Å². The first-order chi connectivity index (χ1) is 11.5. The van der Waals surface area contributed by atoms with Crippen LogP contribution in [0.15, 0.2) is 30.5 Å². The minimum atomic E-state index is -3.03. The van der Waals surface area contributed by atoms with Gasteiger partial charge in [0.05, 0.1) is 16.5 Å². The number of carbonyl (C=O) groups excluding carboxylic acids is 1. The van der Waals surface area contributed by atoms with Gasteiger partial charge >= 0.3 is 6.03 Å². The number of amides is 2. The average Bonchev–Trinajstić information content (AvgIpc) is 3.08. The van der Waals surface area contributed by atoms with Crippen molar-refractivity contribution in [1.82, 2.24) is 9.88 Å². The Hall–Kier alpha value is -2.02. The number of aromatic nitrogens is 1. The van der Waals surface area contributed by atoms with Crippen LogP contribution < -0.4 is 10.6 Å². The van der Waals surface area contributed by atoms with E-state index in [9.17, 15) is 13.2 Å². The van der Waals surface area contributed by atoms with Crippen molar-refractivity contribution in [2.24, 2.45) is 0 Å². The first kappa shape index (κ1) is 16.8. The van der Waals surface area contributed by atoms with Gasteiger partial charge in [0.15, 0.2) is 9.84 Å². The molecule has 1 atom stereocenters. The van der Waals surface area contributed by atoms with Crippen LogP contribution in [0.3, 0.4) is 0 Å². The Morgan fingerprint density at radius 2 is 2.17 bits per heavy atom. The van der Waals surface area contributed by atoms with E-state index < -0.39 is 15.1 Å². The molecule has 1 fully saturated rings. The van der Waals surface area contributed by atoms with Crippen molar-refractivity contribution in [3.63, 3.8) is 0 Å². The van der Waals surface area contributed by atoms with E-state index in [2.05, 4.69) is 28.2 Å². The van der Waals surface area contributed by atoms with Crippen LogP contribution in [0, 0.1) is 0 Å². The van der Waals surface area contributed by atoms with Gasteiger partial charge in [-0.2, -0.15) is 0 Å². The minimum absolute atomic E-state index is 0.169. The molecule has 3 rings (SSSR count). The number of aryl methyl sites for hydroxylation is 1. The summed E-state index contributed by atoms with van der Waals surface area (Å²) in [5.41, 5.74) is 1.78. The average molecular weight is 349 g/mol. The van der Waals surface area contributed by atoms with E-state index in [0.29, 0.717) is 18.5 Å². The molecule has 1 saturated heterocycles. The van der Waals surface area contributed by atoms with Gasteiger partial charge in [-0.25, -0.2) is 13.2 Å². The molecular weight excluding hydrogens is 326 g/mol. The van der Waals surface area contributed by atoms with Crippen LogP contribution in [-0.4, -0.2) is 36.6 Å². The number of anilines is 1. The maximum atomic E-state index is 12.0. The number of sulfone groups is 1. The molecule has 1 aliphatic rings. The van der Waals surface area contributed by atoms with Gasteiger partial charge in [0, 0.05) is 25.0 Å². The van der Waals surface area contributed by atoms with Crippen molar-refractivity contribution >= 4 is 32.5 Å². The Balaban J connectivity index is 1.63. The maximum Gasteiger partial charge on any atom is 0.319 e. The number of urea groups is 1. The largest absolute Gasteiger partial charge is 0.347 e. The van der Waals surface area contributed by atoms with Crippen LogP contribution in [0.25, 0.3) is 10.9 Å². The molecule has 1 aliphatic heterocycles. The highest BCUT2D eigenvalue weighted by Gasteiger charge is 2.31. The van der Waals surface area contributed by atoms with Gasteiger partial charge in [0.2, 0.25) is 0 Å². The zero-order chi connectivity index (χ0) is 17.2. The van der Waals surface area contributed by atoms with E-state index in [1.807, 2.05) is 24.4 Å². The van der Waals surface area contributed by atoms with Gasteiger partial charge < -0.3 is 15.2 Å². The topological polar surface area (TPSA) is 80.2 Å². The molecule has 0 aliphatic carbocycles. The summed E-state index contributed by atoms with van der Waals surface area (Å²) >= 11 is 0. The summed E-state index contributed by atoms with van der Waals surface area (Å²) in [6.45, 7) is 3.22. The van der Waals surface area contributed by atoms with E-state index in [-0.39, 0.29) is 18.3 Å². The number of nitrogens with one attached hydrogen (secondary N) is 2. The smallest absolute Gasteiger partial charge is 0.319 e. The zero-order valence-corrected chi connectivity index (χ0v) is 14.6.